The molecule has 0 aliphatic heterocycles. The largest absolute Gasteiger partial charge is 0.396 e. The van der Waals surface area contributed by atoms with Crippen molar-refractivity contribution in [3.8, 4) is 0 Å². The van der Waals surface area contributed by atoms with Crippen molar-refractivity contribution < 1.29 is 10.2 Å². The molecule has 102 valence electrons. The second-order valence-electron chi connectivity index (χ2n) is 5.29. The van der Waals surface area contributed by atoms with E-state index in [9.17, 15) is 10.2 Å². The predicted molar refractivity (Wildman–Crippen MR) is 75.5 cm³/mol. The smallest absolute Gasteiger partial charge is 0.0512 e. The van der Waals surface area contributed by atoms with E-state index >= 15 is 0 Å². The van der Waals surface area contributed by atoms with E-state index in [1.54, 1.807) is 0 Å². The van der Waals surface area contributed by atoms with Gasteiger partial charge in [-0.25, -0.2) is 0 Å². The third-order valence-corrected chi connectivity index (χ3v) is 3.65. The van der Waals surface area contributed by atoms with Crippen molar-refractivity contribution in [2.24, 2.45) is 5.41 Å². The Hall–Kier alpha value is -0.860. The van der Waals surface area contributed by atoms with Crippen LogP contribution in [-0.2, 0) is 6.42 Å². The van der Waals surface area contributed by atoms with Gasteiger partial charge in [-0.15, -0.1) is 0 Å². The summed E-state index contributed by atoms with van der Waals surface area (Å²) in [7, 11) is 0. The van der Waals surface area contributed by atoms with Crippen molar-refractivity contribution in [3.63, 3.8) is 0 Å². The van der Waals surface area contributed by atoms with Gasteiger partial charge in [0.1, 0.15) is 0 Å². The Labute approximate surface area is 111 Å². The Bertz CT molecular complexity index is 304. The lowest BCUT2D eigenvalue weighted by molar-refractivity contribution is 0.0450. The molecule has 0 heterocycles. The molecule has 1 aromatic rings. The highest BCUT2D eigenvalue weighted by atomic mass is 16.3. The monoisotopic (exact) mass is 250 g/mol. The van der Waals surface area contributed by atoms with Gasteiger partial charge in [0.2, 0.25) is 0 Å². The van der Waals surface area contributed by atoms with Crippen LogP contribution in [0.25, 0.3) is 0 Å². The number of hydrogen-bond donors (Lipinski definition) is 2. The fraction of sp³-hybridized carbons (Fsp3) is 0.625. The lowest BCUT2D eigenvalue weighted by atomic mass is 9.78. The molecule has 2 nitrogen and oxygen atoms in total. The molecule has 0 saturated carbocycles. The van der Waals surface area contributed by atoms with Gasteiger partial charge in [-0.05, 0) is 18.4 Å². The third kappa shape index (κ3) is 4.79. The molecule has 0 atom stereocenters. The highest BCUT2D eigenvalue weighted by molar-refractivity contribution is 5.16. The summed E-state index contributed by atoms with van der Waals surface area (Å²) >= 11 is 0. The van der Waals surface area contributed by atoms with Crippen LogP contribution < -0.4 is 0 Å². The van der Waals surface area contributed by atoms with E-state index < -0.39 is 0 Å². The maximum Gasteiger partial charge on any atom is 0.0512 e. The lowest BCUT2D eigenvalue weighted by Crippen LogP contribution is -2.32. The Balaban J connectivity index is 2.56. The summed E-state index contributed by atoms with van der Waals surface area (Å²) in [6, 6.07) is 10.1. The van der Waals surface area contributed by atoms with E-state index in [-0.39, 0.29) is 18.6 Å². The summed E-state index contributed by atoms with van der Waals surface area (Å²) in [5, 5.41) is 19.3. The van der Waals surface area contributed by atoms with Crippen molar-refractivity contribution >= 4 is 0 Å². The maximum absolute atomic E-state index is 9.63. The molecule has 1 rings (SSSR count). The van der Waals surface area contributed by atoms with Gasteiger partial charge in [-0.2, -0.15) is 0 Å². The average Bonchev–Trinajstić information content (AvgIpc) is 2.43. The van der Waals surface area contributed by atoms with Gasteiger partial charge in [0.25, 0.3) is 0 Å². The van der Waals surface area contributed by atoms with Crippen LogP contribution in [0.1, 0.15) is 44.6 Å². The molecule has 0 fully saturated rings. The Morgan fingerprint density at radius 2 is 1.61 bits per heavy atom. The number of hydrogen-bond acceptors (Lipinski definition) is 2. The minimum atomic E-state index is -0.352. The number of unbranched alkanes of at least 4 members (excludes halogenated alkanes) is 3. The first kappa shape index (κ1) is 15.2. The van der Waals surface area contributed by atoms with Crippen LogP contribution in [0.2, 0.25) is 0 Å². The molecule has 18 heavy (non-hydrogen) atoms. The third-order valence-electron chi connectivity index (χ3n) is 3.65. The van der Waals surface area contributed by atoms with Crippen LogP contribution in [0.15, 0.2) is 30.3 Å². The molecule has 2 heteroatoms. The Morgan fingerprint density at radius 3 is 2.17 bits per heavy atom. The van der Waals surface area contributed by atoms with E-state index in [0.717, 1.165) is 19.3 Å². The summed E-state index contributed by atoms with van der Waals surface area (Å²) < 4.78 is 0. The molecule has 0 aromatic heterocycles. The molecule has 0 spiro atoms. The van der Waals surface area contributed by atoms with Crippen LogP contribution >= 0.6 is 0 Å². The number of aliphatic hydroxyl groups excluding tert-OH is 2. The molecule has 0 aliphatic carbocycles. The fourth-order valence-electron chi connectivity index (χ4n) is 2.36. The van der Waals surface area contributed by atoms with E-state index in [4.69, 9.17) is 0 Å². The van der Waals surface area contributed by atoms with Crippen molar-refractivity contribution in [3.05, 3.63) is 35.9 Å². The predicted octanol–water partition coefficient (Wildman–Crippen LogP) is 3.17. The zero-order valence-corrected chi connectivity index (χ0v) is 11.4. The number of rotatable bonds is 9. The number of benzene rings is 1. The molecule has 0 aliphatic rings. The molecule has 0 saturated heterocycles. The first-order valence-corrected chi connectivity index (χ1v) is 7.02. The van der Waals surface area contributed by atoms with Crippen LogP contribution in [0, 0.1) is 5.41 Å². The van der Waals surface area contributed by atoms with E-state index in [1.807, 2.05) is 18.2 Å². The molecule has 1 aromatic carbocycles. The molecule has 2 N–H and O–H groups in total. The molecule has 0 unspecified atom stereocenters. The zero-order chi connectivity index (χ0) is 13.3. The Kier molecular flexibility index (Phi) is 6.99. The molecular weight excluding hydrogens is 224 g/mol. The van der Waals surface area contributed by atoms with E-state index in [0.29, 0.717) is 0 Å². The van der Waals surface area contributed by atoms with Gasteiger partial charge in [0.05, 0.1) is 13.2 Å². The summed E-state index contributed by atoms with van der Waals surface area (Å²) in [6.07, 6.45) is 6.37. The normalized spacial score (nSPS) is 11.7. The first-order chi connectivity index (χ1) is 8.76. The summed E-state index contributed by atoms with van der Waals surface area (Å²) in [5.74, 6) is 0. The Morgan fingerprint density at radius 1 is 0.944 bits per heavy atom. The van der Waals surface area contributed by atoms with Crippen molar-refractivity contribution in [1.29, 1.82) is 0 Å². The highest BCUT2D eigenvalue weighted by Crippen LogP contribution is 2.29. The van der Waals surface area contributed by atoms with Crippen molar-refractivity contribution in [2.45, 2.75) is 45.4 Å². The van der Waals surface area contributed by atoms with Gasteiger partial charge in [-0.1, -0.05) is 62.9 Å². The minimum absolute atomic E-state index is 0.0600. The van der Waals surface area contributed by atoms with E-state index in [2.05, 4.69) is 19.1 Å². The molecule has 0 amide bonds. The summed E-state index contributed by atoms with van der Waals surface area (Å²) in [4.78, 5) is 0. The molecule has 0 radical (unpaired) electrons. The fourth-order valence-corrected chi connectivity index (χ4v) is 2.36. The van der Waals surface area contributed by atoms with Gasteiger partial charge in [0, 0.05) is 5.41 Å². The van der Waals surface area contributed by atoms with Gasteiger partial charge >= 0.3 is 0 Å². The zero-order valence-electron chi connectivity index (χ0n) is 11.4. The lowest BCUT2D eigenvalue weighted by Gasteiger charge is -2.30. The van der Waals surface area contributed by atoms with Gasteiger partial charge < -0.3 is 10.2 Å². The van der Waals surface area contributed by atoms with E-state index in [1.165, 1.54) is 24.8 Å². The van der Waals surface area contributed by atoms with Gasteiger partial charge in [0.15, 0.2) is 0 Å². The summed E-state index contributed by atoms with van der Waals surface area (Å²) in [5.41, 5.74) is 0.839. The highest BCUT2D eigenvalue weighted by Gasteiger charge is 2.28. The number of aliphatic hydroxyl groups is 2. The standard InChI is InChI=1S/C16H26O2/c1-2-3-4-8-11-16(13-17,14-18)12-15-9-6-5-7-10-15/h5-7,9-10,17-18H,2-4,8,11-14H2,1H3. The summed E-state index contributed by atoms with van der Waals surface area (Å²) in [6.45, 7) is 2.31. The van der Waals surface area contributed by atoms with Crippen LogP contribution in [0.3, 0.4) is 0 Å². The van der Waals surface area contributed by atoms with Crippen LogP contribution in [0.4, 0.5) is 0 Å². The quantitative estimate of drug-likeness (QED) is 0.661. The SMILES string of the molecule is CCCCCCC(CO)(CO)Cc1ccccc1. The first-order valence-electron chi connectivity index (χ1n) is 7.02. The van der Waals surface area contributed by atoms with Gasteiger partial charge in [-0.3, -0.25) is 0 Å². The topological polar surface area (TPSA) is 40.5 Å². The second kappa shape index (κ2) is 8.28. The average molecular weight is 250 g/mol. The maximum atomic E-state index is 9.63. The molecule has 0 bridgehead atoms. The molecular formula is C16H26O2. The second-order valence-corrected chi connectivity index (χ2v) is 5.29. The van der Waals surface area contributed by atoms with Crippen molar-refractivity contribution in [2.75, 3.05) is 13.2 Å². The van der Waals surface area contributed by atoms with Crippen LogP contribution in [0.5, 0.6) is 0 Å². The van der Waals surface area contributed by atoms with Crippen molar-refractivity contribution in [1.82, 2.24) is 0 Å². The minimum Gasteiger partial charge on any atom is -0.396 e. The van der Waals surface area contributed by atoms with Crippen LogP contribution in [-0.4, -0.2) is 23.4 Å².